The van der Waals surface area contributed by atoms with E-state index in [1.165, 1.54) is 5.56 Å². The van der Waals surface area contributed by atoms with Crippen LogP contribution in [0.2, 0.25) is 0 Å². The fraction of sp³-hybridized carbons (Fsp3) is 0.158. The second kappa shape index (κ2) is 6.31. The molecule has 1 heterocycles. The van der Waals surface area contributed by atoms with Gasteiger partial charge < -0.3 is 0 Å². The van der Waals surface area contributed by atoms with Crippen LogP contribution < -0.4 is 0 Å². The molecule has 0 bridgehead atoms. The van der Waals surface area contributed by atoms with Gasteiger partial charge in [-0.25, -0.2) is 4.99 Å². The zero-order valence-electron chi connectivity index (χ0n) is 12.9. The molecular formula is C19H20N2. The van der Waals surface area contributed by atoms with Gasteiger partial charge in [-0.1, -0.05) is 25.3 Å². The van der Waals surface area contributed by atoms with Crippen molar-refractivity contribution < 1.29 is 0 Å². The van der Waals surface area contributed by atoms with Gasteiger partial charge in [-0.3, -0.25) is 4.98 Å². The Bertz CT molecular complexity index is 707. The SMILES string of the molecule is C=CC(=Nc1cccc(C)c1C(=C)C)c1ccc(C)nc1. The molecule has 0 saturated carbocycles. The van der Waals surface area contributed by atoms with Gasteiger partial charge in [0.15, 0.2) is 0 Å². The minimum atomic E-state index is 0.815. The zero-order chi connectivity index (χ0) is 15.4. The van der Waals surface area contributed by atoms with Crippen LogP contribution >= 0.6 is 0 Å². The van der Waals surface area contributed by atoms with E-state index >= 15 is 0 Å². The number of aromatic nitrogens is 1. The van der Waals surface area contributed by atoms with E-state index in [1.54, 1.807) is 6.08 Å². The van der Waals surface area contributed by atoms with E-state index in [-0.39, 0.29) is 0 Å². The third-order valence-electron chi connectivity index (χ3n) is 3.32. The van der Waals surface area contributed by atoms with Crippen LogP contribution in [-0.2, 0) is 0 Å². The molecule has 0 fully saturated rings. The average Bonchev–Trinajstić information content (AvgIpc) is 2.45. The van der Waals surface area contributed by atoms with Crippen molar-refractivity contribution in [1.82, 2.24) is 4.98 Å². The Balaban J connectivity index is 2.55. The van der Waals surface area contributed by atoms with Gasteiger partial charge in [0.25, 0.3) is 0 Å². The number of allylic oxidation sites excluding steroid dienone is 2. The Hall–Kier alpha value is -2.48. The lowest BCUT2D eigenvalue weighted by Gasteiger charge is -2.10. The zero-order valence-corrected chi connectivity index (χ0v) is 12.9. The van der Waals surface area contributed by atoms with E-state index in [4.69, 9.17) is 4.99 Å². The van der Waals surface area contributed by atoms with E-state index < -0.39 is 0 Å². The van der Waals surface area contributed by atoms with Crippen LogP contribution in [-0.4, -0.2) is 10.7 Å². The molecule has 0 radical (unpaired) electrons. The van der Waals surface area contributed by atoms with Crippen LogP contribution in [0.5, 0.6) is 0 Å². The van der Waals surface area contributed by atoms with Crippen molar-refractivity contribution in [3.8, 4) is 0 Å². The third-order valence-corrected chi connectivity index (χ3v) is 3.32. The number of hydrogen-bond acceptors (Lipinski definition) is 2. The molecule has 2 heteroatoms. The number of rotatable bonds is 4. The van der Waals surface area contributed by atoms with Crippen molar-refractivity contribution >= 4 is 17.0 Å². The first-order valence-electron chi connectivity index (χ1n) is 6.92. The summed E-state index contributed by atoms with van der Waals surface area (Å²) in [4.78, 5) is 9.08. The maximum Gasteiger partial charge on any atom is 0.0719 e. The van der Waals surface area contributed by atoms with Crippen LogP contribution in [0.4, 0.5) is 5.69 Å². The predicted octanol–water partition coefficient (Wildman–Crippen LogP) is 5.04. The van der Waals surface area contributed by atoms with Crippen LogP contribution in [0, 0.1) is 13.8 Å². The Kier molecular flexibility index (Phi) is 4.49. The fourth-order valence-corrected chi connectivity index (χ4v) is 2.28. The Morgan fingerprint density at radius 3 is 2.52 bits per heavy atom. The van der Waals surface area contributed by atoms with Gasteiger partial charge in [0.1, 0.15) is 0 Å². The summed E-state index contributed by atoms with van der Waals surface area (Å²) in [6.45, 7) is 14.0. The van der Waals surface area contributed by atoms with Crippen molar-refractivity contribution in [2.24, 2.45) is 4.99 Å². The van der Waals surface area contributed by atoms with E-state index in [2.05, 4.69) is 31.1 Å². The second-order valence-corrected chi connectivity index (χ2v) is 5.14. The van der Waals surface area contributed by atoms with Gasteiger partial charge in [-0.2, -0.15) is 0 Å². The molecule has 0 atom stereocenters. The summed E-state index contributed by atoms with van der Waals surface area (Å²) in [5.74, 6) is 0. The molecule has 0 aliphatic carbocycles. The molecule has 0 aliphatic heterocycles. The molecule has 0 aliphatic rings. The van der Waals surface area contributed by atoms with Crippen LogP contribution in [0.15, 0.2) is 60.8 Å². The molecule has 1 aromatic carbocycles. The fourth-order valence-electron chi connectivity index (χ4n) is 2.28. The molecule has 0 N–H and O–H groups in total. The van der Waals surface area contributed by atoms with Crippen molar-refractivity contribution in [3.63, 3.8) is 0 Å². The molecule has 21 heavy (non-hydrogen) atoms. The van der Waals surface area contributed by atoms with Crippen LogP contribution in [0.1, 0.15) is 29.3 Å². The number of aryl methyl sites for hydroxylation is 2. The third kappa shape index (κ3) is 3.34. The first-order valence-corrected chi connectivity index (χ1v) is 6.92. The molecule has 0 saturated heterocycles. The summed E-state index contributed by atoms with van der Waals surface area (Å²) in [5, 5.41) is 0. The lowest BCUT2D eigenvalue weighted by molar-refractivity contribution is 1.19. The van der Waals surface area contributed by atoms with Crippen molar-refractivity contribution in [3.05, 3.63) is 78.1 Å². The van der Waals surface area contributed by atoms with Crippen molar-refractivity contribution in [2.75, 3.05) is 0 Å². The minimum Gasteiger partial charge on any atom is -0.261 e. The van der Waals surface area contributed by atoms with Crippen molar-refractivity contribution in [2.45, 2.75) is 20.8 Å². The molecule has 1 aromatic heterocycles. The van der Waals surface area contributed by atoms with Gasteiger partial charge in [0, 0.05) is 23.0 Å². The van der Waals surface area contributed by atoms with Gasteiger partial charge >= 0.3 is 0 Å². The predicted molar refractivity (Wildman–Crippen MR) is 91.3 cm³/mol. The van der Waals surface area contributed by atoms with E-state index in [1.807, 2.05) is 44.3 Å². The summed E-state index contributed by atoms with van der Waals surface area (Å²) in [7, 11) is 0. The first-order chi connectivity index (χ1) is 10.0. The van der Waals surface area contributed by atoms with Gasteiger partial charge in [-0.05, 0) is 56.2 Å². The normalized spacial score (nSPS) is 11.3. The quantitative estimate of drug-likeness (QED) is 0.718. The molecule has 0 spiro atoms. The topological polar surface area (TPSA) is 25.2 Å². The van der Waals surface area contributed by atoms with E-state index in [0.29, 0.717) is 0 Å². The number of nitrogens with zero attached hydrogens (tertiary/aromatic N) is 2. The highest BCUT2D eigenvalue weighted by Crippen LogP contribution is 2.29. The monoisotopic (exact) mass is 276 g/mol. The maximum absolute atomic E-state index is 4.76. The molecule has 106 valence electrons. The summed E-state index contributed by atoms with van der Waals surface area (Å²) < 4.78 is 0. The smallest absolute Gasteiger partial charge is 0.0719 e. The summed E-state index contributed by atoms with van der Waals surface area (Å²) >= 11 is 0. The second-order valence-electron chi connectivity index (χ2n) is 5.14. The molecular weight excluding hydrogens is 256 g/mol. The lowest BCUT2D eigenvalue weighted by atomic mass is 10.0. The Morgan fingerprint density at radius 2 is 1.95 bits per heavy atom. The van der Waals surface area contributed by atoms with Crippen LogP contribution in [0.3, 0.4) is 0 Å². The molecule has 0 amide bonds. The molecule has 2 aromatic rings. The molecule has 2 nitrogen and oxygen atoms in total. The molecule has 2 rings (SSSR count). The Morgan fingerprint density at radius 1 is 1.19 bits per heavy atom. The van der Waals surface area contributed by atoms with Gasteiger partial charge in [0.2, 0.25) is 0 Å². The highest BCUT2D eigenvalue weighted by molar-refractivity contribution is 6.09. The lowest BCUT2D eigenvalue weighted by Crippen LogP contribution is -1.98. The van der Waals surface area contributed by atoms with E-state index in [0.717, 1.165) is 33.8 Å². The largest absolute Gasteiger partial charge is 0.261 e. The van der Waals surface area contributed by atoms with Gasteiger partial charge in [-0.15, -0.1) is 0 Å². The number of aliphatic imine (C=N–C) groups is 1. The summed E-state index contributed by atoms with van der Waals surface area (Å²) in [5.41, 5.74) is 6.96. The molecule has 0 unspecified atom stereocenters. The number of pyridine rings is 1. The standard InChI is InChI=1S/C19H20N2/c1-6-17(16-11-10-15(5)20-12-16)21-18-9-7-8-14(4)19(18)13(2)3/h6-12H,1-2H2,3-5H3. The first kappa shape index (κ1) is 14.9. The summed E-state index contributed by atoms with van der Waals surface area (Å²) in [6.07, 6.45) is 3.59. The number of hydrogen-bond donors (Lipinski definition) is 0. The van der Waals surface area contributed by atoms with E-state index in [9.17, 15) is 0 Å². The highest BCUT2D eigenvalue weighted by Gasteiger charge is 2.07. The highest BCUT2D eigenvalue weighted by atomic mass is 14.8. The van der Waals surface area contributed by atoms with Gasteiger partial charge in [0.05, 0.1) is 11.4 Å². The average molecular weight is 276 g/mol. The summed E-state index contributed by atoms with van der Waals surface area (Å²) in [6, 6.07) is 10.1. The maximum atomic E-state index is 4.76. The van der Waals surface area contributed by atoms with Crippen LogP contribution in [0.25, 0.3) is 5.57 Å². The van der Waals surface area contributed by atoms with Crippen molar-refractivity contribution in [1.29, 1.82) is 0 Å². The minimum absolute atomic E-state index is 0.815. The number of benzene rings is 1. The Labute approximate surface area is 126 Å².